The van der Waals surface area contributed by atoms with E-state index in [1.807, 2.05) is 6.07 Å². The molecule has 3 heteroatoms. The van der Waals surface area contributed by atoms with E-state index in [1.54, 1.807) is 6.08 Å². The molecule has 0 heterocycles. The first-order chi connectivity index (χ1) is 8.31. The molecule has 2 N–H and O–H groups in total. The lowest BCUT2D eigenvalue weighted by Crippen LogP contribution is -2.39. The number of benzene rings is 1. The van der Waals surface area contributed by atoms with E-state index in [2.05, 4.69) is 35.4 Å². The van der Waals surface area contributed by atoms with Crippen molar-refractivity contribution in [3.8, 4) is 0 Å². The molecule has 0 spiro atoms. The van der Waals surface area contributed by atoms with Crippen LogP contribution >= 0.6 is 0 Å². The standard InChI is InChI=1S/C14H18N2O/c1-2-10-15-14(17)16-13-9-5-7-11-6-3-4-8-12(11)13/h2-4,6,8,13H,1,5,7,9-10H2,(H2,15,16,17). The summed E-state index contributed by atoms with van der Waals surface area (Å²) < 4.78 is 0. The molecule has 2 amide bonds. The minimum absolute atomic E-state index is 0.119. The highest BCUT2D eigenvalue weighted by Gasteiger charge is 2.20. The van der Waals surface area contributed by atoms with Crippen LogP contribution in [0, 0.1) is 0 Å². The van der Waals surface area contributed by atoms with Crippen LogP contribution in [-0.4, -0.2) is 12.6 Å². The van der Waals surface area contributed by atoms with E-state index in [1.165, 1.54) is 11.1 Å². The first kappa shape index (κ1) is 11.7. The number of nitrogens with one attached hydrogen (secondary N) is 2. The molecule has 0 radical (unpaired) electrons. The number of amides is 2. The van der Waals surface area contributed by atoms with Crippen molar-refractivity contribution in [2.45, 2.75) is 25.3 Å². The molecule has 0 saturated heterocycles. The summed E-state index contributed by atoms with van der Waals surface area (Å²) in [5.74, 6) is 0. The lowest BCUT2D eigenvalue weighted by Gasteiger charge is -2.26. The van der Waals surface area contributed by atoms with Gasteiger partial charge in [-0.2, -0.15) is 0 Å². The minimum Gasteiger partial charge on any atom is -0.335 e. The Bertz CT molecular complexity index is 414. The van der Waals surface area contributed by atoms with E-state index < -0.39 is 0 Å². The zero-order chi connectivity index (χ0) is 12.1. The van der Waals surface area contributed by atoms with Gasteiger partial charge in [-0.3, -0.25) is 0 Å². The van der Waals surface area contributed by atoms with Crippen LogP contribution in [0.2, 0.25) is 0 Å². The molecule has 0 aliphatic heterocycles. The summed E-state index contributed by atoms with van der Waals surface area (Å²) in [5, 5.41) is 5.75. The first-order valence-corrected chi connectivity index (χ1v) is 6.04. The summed E-state index contributed by atoms with van der Waals surface area (Å²) in [6, 6.07) is 8.36. The van der Waals surface area contributed by atoms with Crippen molar-refractivity contribution >= 4 is 6.03 Å². The van der Waals surface area contributed by atoms with Crippen molar-refractivity contribution in [2.24, 2.45) is 0 Å². The Labute approximate surface area is 102 Å². The highest BCUT2D eigenvalue weighted by atomic mass is 16.2. The molecule has 1 atom stereocenters. The second-order valence-corrected chi connectivity index (χ2v) is 4.29. The summed E-state index contributed by atoms with van der Waals surface area (Å²) in [7, 11) is 0. The molecule has 1 unspecified atom stereocenters. The van der Waals surface area contributed by atoms with E-state index in [0.717, 1.165) is 19.3 Å². The normalized spacial score (nSPS) is 18.0. The van der Waals surface area contributed by atoms with Gasteiger partial charge in [-0.05, 0) is 30.4 Å². The van der Waals surface area contributed by atoms with E-state index in [4.69, 9.17) is 0 Å². The average molecular weight is 230 g/mol. The molecule has 0 saturated carbocycles. The number of fused-ring (bicyclic) bond motifs is 1. The molecule has 1 aromatic carbocycles. The van der Waals surface area contributed by atoms with Gasteiger partial charge in [0.2, 0.25) is 0 Å². The number of urea groups is 1. The Hall–Kier alpha value is -1.77. The second-order valence-electron chi connectivity index (χ2n) is 4.29. The predicted molar refractivity (Wildman–Crippen MR) is 68.9 cm³/mol. The minimum atomic E-state index is -0.119. The Morgan fingerprint density at radius 3 is 3.12 bits per heavy atom. The molecule has 1 aromatic rings. The van der Waals surface area contributed by atoms with Gasteiger partial charge >= 0.3 is 6.03 Å². The maximum absolute atomic E-state index is 11.6. The first-order valence-electron chi connectivity index (χ1n) is 6.04. The molecule has 2 rings (SSSR count). The van der Waals surface area contributed by atoms with Crippen LogP contribution in [0.15, 0.2) is 36.9 Å². The van der Waals surface area contributed by atoms with E-state index in [-0.39, 0.29) is 12.1 Å². The molecular weight excluding hydrogens is 212 g/mol. The summed E-state index contributed by atoms with van der Waals surface area (Å²) >= 11 is 0. The fourth-order valence-electron chi connectivity index (χ4n) is 2.28. The number of aryl methyl sites for hydroxylation is 1. The largest absolute Gasteiger partial charge is 0.335 e. The van der Waals surface area contributed by atoms with E-state index in [0.29, 0.717) is 6.54 Å². The van der Waals surface area contributed by atoms with Crippen LogP contribution in [0.1, 0.15) is 30.0 Å². The Balaban J connectivity index is 2.03. The number of carbonyl (C=O) groups is 1. The van der Waals surface area contributed by atoms with Gasteiger partial charge in [-0.1, -0.05) is 30.3 Å². The van der Waals surface area contributed by atoms with Gasteiger partial charge < -0.3 is 10.6 Å². The second kappa shape index (κ2) is 5.53. The Kier molecular flexibility index (Phi) is 3.81. The average Bonchev–Trinajstić information content (AvgIpc) is 2.37. The van der Waals surface area contributed by atoms with Gasteiger partial charge in [0.15, 0.2) is 0 Å². The topological polar surface area (TPSA) is 41.1 Å². The Morgan fingerprint density at radius 2 is 2.29 bits per heavy atom. The Morgan fingerprint density at radius 1 is 1.47 bits per heavy atom. The molecular formula is C14H18N2O. The highest BCUT2D eigenvalue weighted by Crippen LogP contribution is 2.29. The highest BCUT2D eigenvalue weighted by molar-refractivity contribution is 5.74. The van der Waals surface area contributed by atoms with Crippen LogP contribution in [0.4, 0.5) is 4.79 Å². The number of hydrogen-bond donors (Lipinski definition) is 2. The smallest absolute Gasteiger partial charge is 0.315 e. The van der Waals surface area contributed by atoms with Crippen molar-refractivity contribution in [3.63, 3.8) is 0 Å². The zero-order valence-corrected chi connectivity index (χ0v) is 9.91. The van der Waals surface area contributed by atoms with E-state index in [9.17, 15) is 4.79 Å². The van der Waals surface area contributed by atoms with Gasteiger partial charge in [-0.25, -0.2) is 4.79 Å². The molecule has 0 aromatic heterocycles. The van der Waals surface area contributed by atoms with Gasteiger partial charge in [0.05, 0.1) is 6.04 Å². The summed E-state index contributed by atoms with van der Waals surface area (Å²) in [6.07, 6.45) is 4.93. The number of rotatable bonds is 3. The van der Waals surface area contributed by atoms with Crippen LogP contribution in [0.5, 0.6) is 0 Å². The van der Waals surface area contributed by atoms with Gasteiger partial charge in [0.1, 0.15) is 0 Å². The van der Waals surface area contributed by atoms with Crippen molar-refractivity contribution in [2.75, 3.05) is 6.54 Å². The van der Waals surface area contributed by atoms with Gasteiger partial charge in [0, 0.05) is 6.54 Å². The molecule has 90 valence electrons. The monoisotopic (exact) mass is 230 g/mol. The van der Waals surface area contributed by atoms with Crippen molar-refractivity contribution in [1.82, 2.24) is 10.6 Å². The third-order valence-electron chi connectivity index (χ3n) is 3.08. The molecule has 1 aliphatic rings. The molecule has 0 fully saturated rings. The van der Waals surface area contributed by atoms with Gasteiger partial charge in [-0.15, -0.1) is 6.58 Å². The number of hydrogen-bond acceptors (Lipinski definition) is 1. The maximum atomic E-state index is 11.6. The fraction of sp³-hybridized carbons (Fsp3) is 0.357. The molecule has 0 bridgehead atoms. The van der Waals surface area contributed by atoms with Crippen LogP contribution in [-0.2, 0) is 6.42 Å². The van der Waals surface area contributed by atoms with Crippen molar-refractivity contribution in [1.29, 1.82) is 0 Å². The number of carbonyl (C=O) groups excluding carboxylic acids is 1. The van der Waals surface area contributed by atoms with Crippen LogP contribution in [0.3, 0.4) is 0 Å². The summed E-state index contributed by atoms with van der Waals surface area (Å²) in [4.78, 5) is 11.6. The van der Waals surface area contributed by atoms with Crippen molar-refractivity contribution < 1.29 is 4.79 Å². The fourth-order valence-corrected chi connectivity index (χ4v) is 2.28. The summed E-state index contributed by atoms with van der Waals surface area (Å²) in [6.45, 7) is 4.07. The molecule has 17 heavy (non-hydrogen) atoms. The SMILES string of the molecule is C=CCNC(=O)NC1CCCc2ccccc21. The van der Waals surface area contributed by atoms with Crippen LogP contribution < -0.4 is 10.6 Å². The third-order valence-corrected chi connectivity index (χ3v) is 3.08. The molecule has 1 aliphatic carbocycles. The lowest BCUT2D eigenvalue weighted by molar-refractivity contribution is 0.236. The van der Waals surface area contributed by atoms with Gasteiger partial charge in [0.25, 0.3) is 0 Å². The predicted octanol–water partition coefficient (Wildman–Crippen LogP) is 2.55. The lowest BCUT2D eigenvalue weighted by atomic mass is 9.88. The van der Waals surface area contributed by atoms with Crippen molar-refractivity contribution in [3.05, 3.63) is 48.0 Å². The quantitative estimate of drug-likeness (QED) is 0.770. The third kappa shape index (κ3) is 2.87. The van der Waals surface area contributed by atoms with Crippen LogP contribution in [0.25, 0.3) is 0 Å². The van der Waals surface area contributed by atoms with E-state index >= 15 is 0 Å². The zero-order valence-electron chi connectivity index (χ0n) is 9.91. The molecule has 3 nitrogen and oxygen atoms in total. The summed E-state index contributed by atoms with van der Waals surface area (Å²) in [5.41, 5.74) is 2.61. The maximum Gasteiger partial charge on any atom is 0.315 e.